The van der Waals surface area contributed by atoms with Gasteiger partial charge >= 0.3 is 5.97 Å². The monoisotopic (exact) mass is 307 g/mol. The van der Waals surface area contributed by atoms with Crippen LogP contribution in [-0.2, 0) is 4.79 Å². The number of rotatable bonds is 4. The Bertz CT molecular complexity index is 694. The van der Waals surface area contributed by atoms with Crippen LogP contribution in [0.2, 0.25) is 5.02 Å². The van der Waals surface area contributed by atoms with Crippen LogP contribution in [0.4, 0.5) is 0 Å². The van der Waals surface area contributed by atoms with Crippen molar-refractivity contribution in [1.29, 1.82) is 0 Å². The molecule has 7 heteroatoms. The Hall–Kier alpha value is -2.34. The highest BCUT2D eigenvalue weighted by atomic mass is 35.5. The normalized spacial score (nSPS) is 11.2. The van der Waals surface area contributed by atoms with Gasteiger partial charge in [-0.1, -0.05) is 23.7 Å². The average molecular weight is 308 g/mol. The molecule has 0 saturated carbocycles. The highest BCUT2D eigenvalue weighted by molar-refractivity contribution is 6.32. The number of aromatic nitrogens is 2. The van der Waals surface area contributed by atoms with E-state index in [2.05, 4.69) is 10.4 Å². The smallest absolute Gasteiger partial charge is 0.328 e. The summed E-state index contributed by atoms with van der Waals surface area (Å²) in [6.07, 6.45) is 1.59. The zero-order chi connectivity index (χ0) is 15.6. The molecule has 0 aliphatic heterocycles. The maximum Gasteiger partial charge on any atom is 0.328 e. The number of carboxylic acid groups (broad SMARTS) is 1. The van der Waals surface area contributed by atoms with Crippen molar-refractivity contribution in [2.45, 2.75) is 19.4 Å². The fraction of sp³-hybridized carbons (Fsp3) is 0.214. The van der Waals surface area contributed by atoms with E-state index in [1.165, 1.54) is 24.6 Å². The van der Waals surface area contributed by atoms with Crippen molar-refractivity contribution in [3.8, 4) is 5.69 Å². The molecular formula is C14H14ClN3O3. The molecule has 1 amide bonds. The zero-order valence-electron chi connectivity index (χ0n) is 11.5. The van der Waals surface area contributed by atoms with Gasteiger partial charge in [-0.3, -0.25) is 4.79 Å². The van der Waals surface area contributed by atoms with Crippen molar-refractivity contribution >= 4 is 23.5 Å². The standard InChI is InChI=1S/C14H14ClN3O3/c1-14(2,13(20)21)16-12(19)10-7-8-18(17-10)11-6-4-3-5-9(11)15/h3-8H,1-2H3,(H,16,19)(H,20,21). The lowest BCUT2D eigenvalue weighted by Gasteiger charge is -2.20. The molecule has 2 N–H and O–H groups in total. The number of carbonyl (C=O) groups excluding carboxylic acids is 1. The van der Waals surface area contributed by atoms with Crippen LogP contribution in [0.5, 0.6) is 0 Å². The zero-order valence-corrected chi connectivity index (χ0v) is 12.3. The second-order valence-corrected chi connectivity index (χ2v) is 5.39. The van der Waals surface area contributed by atoms with E-state index in [9.17, 15) is 9.59 Å². The third-order valence-electron chi connectivity index (χ3n) is 2.88. The second-order valence-electron chi connectivity index (χ2n) is 4.98. The number of nitrogens with zero attached hydrogens (tertiary/aromatic N) is 2. The van der Waals surface area contributed by atoms with Gasteiger partial charge in [0.05, 0.1) is 10.7 Å². The van der Waals surface area contributed by atoms with Crippen molar-refractivity contribution in [3.05, 3.63) is 47.2 Å². The van der Waals surface area contributed by atoms with Crippen molar-refractivity contribution < 1.29 is 14.7 Å². The minimum Gasteiger partial charge on any atom is -0.480 e. The molecule has 0 unspecified atom stereocenters. The maximum atomic E-state index is 12.0. The lowest BCUT2D eigenvalue weighted by atomic mass is 10.1. The third-order valence-corrected chi connectivity index (χ3v) is 3.20. The molecule has 0 spiro atoms. The van der Waals surface area contributed by atoms with E-state index in [1.807, 2.05) is 0 Å². The molecule has 0 fully saturated rings. The van der Waals surface area contributed by atoms with E-state index in [4.69, 9.17) is 16.7 Å². The number of amides is 1. The van der Waals surface area contributed by atoms with Crippen molar-refractivity contribution in [2.75, 3.05) is 0 Å². The first-order valence-corrected chi connectivity index (χ1v) is 6.55. The molecule has 0 saturated heterocycles. The molecule has 110 valence electrons. The lowest BCUT2D eigenvalue weighted by Crippen LogP contribution is -2.49. The van der Waals surface area contributed by atoms with Crippen LogP contribution < -0.4 is 5.32 Å². The quantitative estimate of drug-likeness (QED) is 0.906. The van der Waals surface area contributed by atoms with Gasteiger partial charge in [-0.25, -0.2) is 9.48 Å². The Morgan fingerprint density at radius 3 is 2.57 bits per heavy atom. The molecule has 6 nitrogen and oxygen atoms in total. The highest BCUT2D eigenvalue weighted by Crippen LogP contribution is 2.19. The summed E-state index contributed by atoms with van der Waals surface area (Å²) in [5.41, 5.74) is -0.620. The van der Waals surface area contributed by atoms with Crippen LogP contribution >= 0.6 is 11.6 Å². The van der Waals surface area contributed by atoms with Gasteiger partial charge in [0.25, 0.3) is 5.91 Å². The van der Waals surface area contributed by atoms with Crippen LogP contribution in [0.3, 0.4) is 0 Å². The molecule has 0 aliphatic carbocycles. The Kier molecular flexibility index (Phi) is 3.99. The van der Waals surface area contributed by atoms with E-state index in [-0.39, 0.29) is 5.69 Å². The van der Waals surface area contributed by atoms with Crippen LogP contribution in [0.1, 0.15) is 24.3 Å². The maximum absolute atomic E-state index is 12.0. The molecule has 2 rings (SSSR count). The van der Waals surface area contributed by atoms with Gasteiger partial charge in [0.1, 0.15) is 5.54 Å². The molecule has 0 aliphatic rings. The van der Waals surface area contributed by atoms with Crippen molar-refractivity contribution in [1.82, 2.24) is 15.1 Å². The molecule has 1 aromatic heterocycles. The Morgan fingerprint density at radius 2 is 1.95 bits per heavy atom. The average Bonchev–Trinajstić information content (AvgIpc) is 2.88. The first kappa shape index (κ1) is 15.1. The van der Waals surface area contributed by atoms with Gasteiger partial charge in [0.2, 0.25) is 0 Å². The first-order chi connectivity index (χ1) is 9.81. The van der Waals surface area contributed by atoms with Crippen LogP contribution in [0.25, 0.3) is 5.69 Å². The minimum absolute atomic E-state index is 0.115. The summed E-state index contributed by atoms with van der Waals surface area (Å²) < 4.78 is 1.46. The first-order valence-electron chi connectivity index (χ1n) is 6.18. The molecule has 21 heavy (non-hydrogen) atoms. The van der Waals surface area contributed by atoms with Gasteiger partial charge < -0.3 is 10.4 Å². The predicted molar refractivity (Wildman–Crippen MR) is 77.8 cm³/mol. The number of carbonyl (C=O) groups is 2. The number of halogens is 1. The third kappa shape index (κ3) is 3.22. The van der Waals surface area contributed by atoms with Crippen LogP contribution in [-0.4, -0.2) is 32.3 Å². The Balaban J connectivity index is 2.23. The number of nitrogens with one attached hydrogen (secondary N) is 1. The van der Waals surface area contributed by atoms with Crippen molar-refractivity contribution in [3.63, 3.8) is 0 Å². The molecule has 1 aromatic carbocycles. The number of hydrogen-bond acceptors (Lipinski definition) is 3. The van der Waals surface area contributed by atoms with Crippen molar-refractivity contribution in [2.24, 2.45) is 0 Å². The van der Waals surface area contributed by atoms with Gasteiger partial charge in [0.15, 0.2) is 5.69 Å². The summed E-state index contributed by atoms with van der Waals surface area (Å²) >= 11 is 6.06. The number of benzene rings is 1. The fourth-order valence-corrected chi connectivity index (χ4v) is 1.84. The number of hydrogen-bond donors (Lipinski definition) is 2. The second kappa shape index (κ2) is 5.57. The van der Waals surface area contributed by atoms with Gasteiger partial charge in [-0.15, -0.1) is 0 Å². The van der Waals surface area contributed by atoms with Crippen LogP contribution in [0, 0.1) is 0 Å². The molecule has 0 atom stereocenters. The Morgan fingerprint density at radius 1 is 1.29 bits per heavy atom. The van der Waals surface area contributed by atoms with E-state index >= 15 is 0 Å². The summed E-state index contributed by atoms with van der Waals surface area (Å²) in [6.45, 7) is 2.80. The summed E-state index contributed by atoms with van der Waals surface area (Å²) in [4.78, 5) is 23.0. The van der Waals surface area contributed by atoms with E-state index < -0.39 is 17.4 Å². The van der Waals surface area contributed by atoms with Gasteiger partial charge in [-0.2, -0.15) is 5.10 Å². The number of para-hydroxylation sites is 1. The number of aliphatic carboxylic acids is 1. The van der Waals surface area contributed by atoms with E-state index in [1.54, 1.807) is 30.5 Å². The predicted octanol–water partition coefficient (Wildman–Crippen LogP) is 2.12. The lowest BCUT2D eigenvalue weighted by molar-refractivity contribution is -0.143. The molecule has 0 bridgehead atoms. The highest BCUT2D eigenvalue weighted by Gasteiger charge is 2.30. The summed E-state index contributed by atoms with van der Waals surface area (Å²) in [5.74, 6) is -1.69. The summed E-state index contributed by atoms with van der Waals surface area (Å²) in [5, 5.41) is 16.0. The van der Waals surface area contributed by atoms with Gasteiger partial charge in [-0.05, 0) is 32.0 Å². The molecule has 2 aromatic rings. The Labute approximate surface area is 126 Å². The fourth-order valence-electron chi connectivity index (χ4n) is 1.62. The van der Waals surface area contributed by atoms with Crippen LogP contribution in [0.15, 0.2) is 36.5 Å². The van der Waals surface area contributed by atoms with E-state index in [0.717, 1.165) is 0 Å². The molecular weight excluding hydrogens is 294 g/mol. The molecule has 0 radical (unpaired) electrons. The summed E-state index contributed by atoms with van der Waals surface area (Å²) in [7, 11) is 0. The number of carboxylic acids is 1. The molecule has 1 heterocycles. The minimum atomic E-state index is -1.37. The summed E-state index contributed by atoms with van der Waals surface area (Å²) in [6, 6.07) is 8.56. The largest absolute Gasteiger partial charge is 0.480 e. The van der Waals surface area contributed by atoms with E-state index in [0.29, 0.717) is 10.7 Å². The van der Waals surface area contributed by atoms with Gasteiger partial charge in [0, 0.05) is 6.20 Å². The topological polar surface area (TPSA) is 84.2 Å². The SMILES string of the molecule is CC(C)(NC(=O)c1ccn(-c2ccccc2Cl)n1)C(=O)O.